The highest BCUT2D eigenvalue weighted by Gasteiger charge is 2.21. The summed E-state index contributed by atoms with van der Waals surface area (Å²) >= 11 is 0. The van der Waals surface area contributed by atoms with Crippen molar-refractivity contribution in [2.24, 2.45) is 0 Å². The standard InChI is InChI=1S/C9H19N3O2/c1-10(2)9(14)12-5-3-11(4-6-12)7-8-13/h13H,3-8H2,1-2H3. The Morgan fingerprint density at radius 1 is 1.29 bits per heavy atom. The molecular weight excluding hydrogens is 182 g/mol. The van der Waals surface area contributed by atoms with Gasteiger partial charge in [0.1, 0.15) is 0 Å². The van der Waals surface area contributed by atoms with Gasteiger partial charge in [-0.3, -0.25) is 4.90 Å². The van der Waals surface area contributed by atoms with E-state index in [4.69, 9.17) is 5.11 Å². The summed E-state index contributed by atoms with van der Waals surface area (Å²) in [6.07, 6.45) is 0. The van der Waals surface area contributed by atoms with Crippen LogP contribution in [0.4, 0.5) is 4.79 Å². The summed E-state index contributed by atoms with van der Waals surface area (Å²) in [5, 5.41) is 8.75. The number of aliphatic hydroxyl groups is 1. The zero-order valence-corrected chi connectivity index (χ0v) is 8.94. The molecule has 0 aromatic heterocycles. The van der Waals surface area contributed by atoms with Gasteiger partial charge in [-0.05, 0) is 0 Å². The number of piperazine rings is 1. The van der Waals surface area contributed by atoms with Crippen LogP contribution in [-0.4, -0.2) is 79.3 Å². The third kappa shape index (κ3) is 2.85. The van der Waals surface area contributed by atoms with Crippen molar-refractivity contribution in [3.8, 4) is 0 Å². The number of urea groups is 1. The lowest BCUT2D eigenvalue weighted by Gasteiger charge is -2.35. The van der Waals surface area contributed by atoms with E-state index in [1.165, 1.54) is 0 Å². The lowest BCUT2D eigenvalue weighted by molar-refractivity contribution is 0.110. The second-order valence-electron chi connectivity index (χ2n) is 3.73. The normalized spacial score (nSPS) is 18.4. The molecule has 0 aromatic rings. The molecule has 1 saturated heterocycles. The van der Waals surface area contributed by atoms with Crippen molar-refractivity contribution in [2.75, 3.05) is 53.4 Å². The van der Waals surface area contributed by atoms with E-state index < -0.39 is 0 Å². The predicted molar refractivity (Wildman–Crippen MR) is 54.2 cm³/mol. The van der Waals surface area contributed by atoms with Gasteiger partial charge in [0.05, 0.1) is 6.61 Å². The van der Waals surface area contributed by atoms with Crippen molar-refractivity contribution in [3.63, 3.8) is 0 Å². The van der Waals surface area contributed by atoms with Crippen LogP contribution in [0.15, 0.2) is 0 Å². The topological polar surface area (TPSA) is 47.0 Å². The number of amides is 2. The number of aliphatic hydroxyl groups excluding tert-OH is 1. The summed E-state index contributed by atoms with van der Waals surface area (Å²) < 4.78 is 0. The van der Waals surface area contributed by atoms with Crippen LogP contribution in [0, 0.1) is 0 Å². The molecule has 1 aliphatic rings. The molecule has 5 nitrogen and oxygen atoms in total. The van der Waals surface area contributed by atoms with Crippen LogP contribution >= 0.6 is 0 Å². The number of β-amino-alcohol motifs (C(OH)–C–C–N with tert-alkyl or cyclic N) is 1. The number of carbonyl (C=O) groups is 1. The van der Waals surface area contributed by atoms with Gasteiger partial charge in [-0.15, -0.1) is 0 Å². The molecule has 0 saturated carbocycles. The van der Waals surface area contributed by atoms with Gasteiger partial charge in [-0.1, -0.05) is 0 Å². The highest BCUT2D eigenvalue weighted by Crippen LogP contribution is 2.03. The maximum absolute atomic E-state index is 11.5. The molecule has 1 aliphatic heterocycles. The lowest BCUT2D eigenvalue weighted by Crippen LogP contribution is -2.51. The van der Waals surface area contributed by atoms with E-state index in [1.807, 2.05) is 4.90 Å². The van der Waals surface area contributed by atoms with Crippen molar-refractivity contribution in [1.82, 2.24) is 14.7 Å². The number of hydrogen-bond donors (Lipinski definition) is 1. The smallest absolute Gasteiger partial charge is 0.319 e. The summed E-state index contributed by atoms with van der Waals surface area (Å²) in [7, 11) is 3.53. The Labute approximate surface area is 84.9 Å². The minimum absolute atomic E-state index is 0.0775. The maximum Gasteiger partial charge on any atom is 0.319 e. The van der Waals surface area contributed by atoms with Crippen LogP contribution < -0.4 is 0 Å². The highest BCUT2D eigenvalue weighted by atomic mass is 16.3. The van der Waals surface area contributed by atoms with Crippen LogP contribution in [0.2, 0.25) is 0 Å². The average Bonchev–Trinajstić information content (AvgIpc) is 2.18. The molecule has 2 amide bonds. The minimum atomic E-state index is 0.0775. The van der Waals surface area contributed by atoms with E-state index in [1.54, 1.807) is 19.0 Å². The van der Waals surface area contributed by atoms with Crippen molar-refractivity contribution in [1.29, 1.82) is 0 Å². The predicted octanol–water partition coefficient (Wildman–Crippen LogP) is -0.722. The molecule has 0 radical (unpaired) electrons. The Morgan fingerprint density at radius 3 is 2.29 bits per heavy atom. The maximum atomic E-state index is 11.5. The zero-order chi connectivity index (χ0) is 10.6. The van der Waals surface area contributed by atoms with Crippen LogP contribution in [0.1, 0.15) is 0 Å². The summed E-state index contributed by atoms with van der Waals surface area (Å²) in [5.41, 5.74) is 0. The van der Waals surface area contributed by atoms with Gasteiger partial charge in [-0.2, -0.15) is 0 Å². The van der Waals surface area contributed by atoms with Gasteiger partial charge >= 0.3 is 6.03 Å². The van der Waals surface area contributed by atoms with E-state index >= 15 is 0 Å². The fraction of sp³-hybridized carbons (Fsp3) is 0.889. The molecule has 0 unspecified atom stereocenters. The van der Waals surface area contributed by atoms with Crippen molar-refractivity contribution in [2.45, 2.75) is 0 Å². The minimum Gasteiger partial charge on any atom is -0.395 e. The first kappa shape index (κ1) is 11.3. The lowest BCUT2D eigenvalue weighted by atomic mass is 10.3. The first-order chi connectivity index (χ1) is 6.65. The third-order valence-electron chi connectivity index (χ3n) is 2.44. The number of rotatable bonds is 2. The molecular formula is C9H19N3O2. The zero-order valence-electron chi connectivity index (χ0n) is 8.94. The first-order valence-electron chi connectivity index (χ1n) is 4.94. The van der Waals surface area contributed by atoms with Crippen LogP contribution in [0.3, 0.4) is 0 Å². The molecule has 1 heterocycles. The Morgan fingerprint density at radius 2 is 1.86 bits per heavy atom. The second-order valence-corrected chi connectivity index (χ2v) is 3.73. The summed E-state index contributed by atoms with van der Waals surface area (Å²) in [6.45, 7) is 4.15. The Hall–Kier alpha value is -0.810. The van der Waals surface area contributed by atoms with E-state index in [-0.39, 0.29) is 12.6 Å². The fourth-order valence-electron chi connectivity index (χ4n) is 1.59. The van der Waals surface area contributed by atoms with Crippen molar-refractivity contribution in [3.05, 3.63) is 0 Å². The summed E-state index contributed by atoms with van der Waals surface area (Å²) in [6, 6.07) is 0.0775. The Balaban J connectivity index is 2.32. The summed E-state index contributed by atoms with van der Waals surface area (Å²) in [4.78, 5) is 17.2. The Kier molecular flexibility index (Phi) is 4.16. The average molecular weight is 201 g/mol. The monoisotopic (exact) mass is 201 g/mol. The molecule has 0 aromatic carbocycles. The number of carbonyl (C=O) groups excluding carboxylic acids is 1. The molecule has 0 spiro atoms. The number of nitrogens with zero attached hydrogens (tertiary/aromatic N) is 3. The molecule has 1 fully saturated rings. The van der Waals surface area contributed by atoms with Crippen LogP contribution in [-0.2, 0) is 0 Å². The molecule has 0 atom stereocenters. The van der Waals surface area contributed by atoms with Gasteiger partial charge in [0, 0.05) is 46.8 Å². The van der Waals surface area contributed by atoms with Gasteiger partial charge in [-0.25, -0.2) is 4.79 Å². The van der Waals surface area contributed by atoms with Crippen molar-refractivity contribution >= 4 is 6.03 Å². The first-order valence-corrected chi connectivity index (χ1v) is 4.94. The molecule has 0 bridgehead atoms. The van der Waals surface area contributed by atoms with E-state index in [9.17, 15) is 4.79 Å². The quantitative estimate of drug-likeness (QED) is 0.641. The van der Waals surface area contributed by atoms with Gasteiger partial charge in [0.15, 0.2) is 0 Å². The SMILES string of the molecule is CN(C)C(=O)N1CCN(CCO)CC1. The fourth-order valence-corrected chi connectivity index (χ4v) is 1.59. The number of hydrogen-bond acceptors (Lipinski definition) is 3. The highest BCUT2D eigenvalue weighted by molar-refractivity contribution is 5.73. The van der Waals surface area contributed by atoms with Crippen molar-refractivity contribution < 1.29 is 9.90 Å². The largest absolute Gasteiger partial charge is 0.395 e. The van der Waals surface area contributed by atoms with Crippen LogP contribution in [0.5, 0.6) is 0 Å². The van der Waals surface area contributed by atoms with E-state index in [0.29, 0.717) is 6.54 Å². The van der Waals surface area contributed by atoms with Gasteiger partial charge < -0.3 is 14.9 Å². The second kappa shape index (κ2) is 5.17. The van der Waals surface area contributed by atoms with E-state index in [0.717, 1.165) is 26.2 Å². The summed E-state index contributed by atoms with van der Waals surface area (Å²) in [5.74, 6) is 0. The van der Waals surface area contributed by atoms with E-state index in [2.05, 4.69) is 4.90 Å². The van der Waals surface area contributed by atoms with Gasteiger partial charge in [0.25, 0.3) is 0 Å². The molecule has 0 aliphatic carbocycles. The molecule has 5 heteroatoms. The molecule has 1 rings (SSSR count). The van der Waals surface area contributed by atoms with Crippen LogP contribution in [0.25, 0.3) is 0 Å². The third-order valence-corrected chi connectivity index (χ3v) is 2.44. The molecule has 14 heavy (non-hydrogen) atoms. The Bertz CT molecular complexity index is 188. The van der Waals surface area contributed by atoms with Gasteiger partial charge in [0.2, 0.25) is 0 Å². The molecule has 1 N–H and O–H groups in total. The molecule has 82 valence electrons.